The minimum atomic E-state index is 0.508. The van der Waals surface area contributed by atoms with Crippen LogP contribution in [0, 0.1) is 5.92 Å². The third kappa shape index (κ3) is 3.57. The normalized spacial score (nSPS) is 23.4. The molecule has 3 heteroatoms. The summed E-state index contributed by atoms with van der Waals surface area (Å²) in [5.74, 6) is 2.11. The van der Waals surface area contributed by atoms with E-state index in [0.717, 1.165) is 18.5 Å². The quantitative estimate of drug-likeness (QED) is 0.894. The summed E-state index contributed by atoms with van der Waals surface area (Å²) >= 11 is 0. The van der Waals surface area contributed by atoms with Crippen molar-refractivity contribution in [2.45, 2.75) is 71.0 Å². The average molecular weight is 287 g/mol. The number of hydrogen-bond acceptors (Lipinski definition) is 3. The number of rotatable bonds is 5. The molecule has 1 N–H and O–H groups in total. The molecular formula is C18H29N3. The lowest BCUT2D eigenvalue weighted by Crippen LogP contribution is -2.35. The van der Waals surface area contributed by atoms with Crippen molar-refractivity contribution in [3.8, 4) is 0 Å². The Morgan fingerprint density at radius 3 is 2.76 bits per heavy atom. The highest BCUT2D eigenvalue weighted by Crippen LogP contribution is 2.37. The van der Waals surface area contributed by atoms with Crippen molar-refractivity contribution in [2.24, 2.45) is 5.92 Å². The molecule has 21 heavy (non-hydrogen) atoms. The van der Waals surface area contributed by atoms with Crippen LogP contribution in [0.2, 0.25) is 0 Å². The highest BCUT2D eigenvalue weighted by molar-refractivity contribution is 5.42. The van der Waals surface area contributed by atoms with Gasteiger partial charge in [0.1, 0.15) is 5.82 Å². The van der Waals surface area contributed by atoms with Gasteiger partial charge in [0.05, 0.1) is 5.69 Å². The van der Waals surface area contributed by atoms with Gasteiger partial charge in [0.25, 0.3) is 0 Å². The zero-order chi connectivity index (χ0) is 14.7. The third-order valence-electron chi connectivity index (χ3n) is 5.02. The van der Waals surface area contributed by atoms with Gasteiger partial charge in [-0.05, 0) is 43.7 Å². The first-order valence-electron chi connectivity index (χ1n) is 8.70. The number of hydrogen-bond donors (Lipinski definition) is 1. The second-order valence-electron chi connectivity index (χ2n) is 6.97. The minimum absolute atomic E-state index is 0.508. The molecule has 3 nitrogen and oxygen atoms in total. The van der Waals surface area contributed by atoms with Crippen LogP contribution < -0.4 is 10.2 Å². The molecule has 1 aliphatic carbocycles. The Labute approximate surface area is 129 Å². The van der Waals surface area contributed by atoms with E-state index in [2.05, 4.69) is 42.3 Å². The fourth-order valence-corrected chi connectivity index (χ4v) is 3.94. The molecule has 1 saturated carbocycles. The third-order valence-corrected chi connectivity index (χ3v) is 5.02. The van der Waals surface area contributed by atoms with Crippen molar-refractivity contribution in [1.82, 2.24) is 10.3 Å². The lowest BCUT2D eigenvalue weighted by molar-refractivity contribution is 0.429. The van der Waals surface area contributed by atoms with Crippen LogP contribution in [0.4, 0.5) is 5.82 Å². The Bertz CT molecular complexity index is 452. The molecule has 0 spiro atoms. The zero-order valence-corrected chi connectivity index (χ0v) is 13.5. The van der Waals surface area contributed by atoms with Crippen molar-refractivity contribution < 1.29 is 0 Å². The lowest BCUT2D eigenvalue weighted by Gasteiger charge is -2.30. The van der Waals surface area contributed by atoms with Gasteiger partial charge in [0.15, 0.2) is 0 Å². The van der Waals surface area contributed by atoms with Crippen molar-refractivity contribution in [1.29, 1.82) is 0 Å². The molecule has 0 radical (unpaired) electrons. The molecule has 2 fully saturated rings. The summed E-state index contributed by atoms with van der Waals surface area (Å²) in [4.78, 5) is 7.50. The van der Waals surface area contributed by atoms with Crippen LogP contribution in [-0.4, -0.2) is 23.6 Å². The largest absolute Gasteiger partial charge is 0.353 e. The first-order chi connectivity index (χ1) is 10.2. The Morgan fingerprint density at radius 1 is 1.19 bits per heavy atom. The highest BCUT2D eigenvalue weighted by atomic mass is 15.2. The average Bonchev–Trinajstić information content (AvgIpc) is 3.15. The molecule has 1 aliphatic heterocycles. The molecular weight excluding hydrogens is 258 g/mol. The predicted octanol–water partition coefficient (Wildman–Crippen LogP) is 3.74. The molecule has 3 rings (SSSR count). The summed E-state index contributed by atoms with van der Waals surface area (Å²) < 4.78 is 0. The van der Waals surface area contributed by atoms with E-state index in [9.17, 15) is 0 Å². The van der Waals surface area contributed by atoms with Gasteiger partial charge in [-0.3, -0.25) is 0 Å². The van der Waals surface area contributed by atoms with Crippen LogP contribution in [0.3, 0.4) is 0 Å². The van der Waals surface area contributed by atoms with Gasteiger partial charge >= 0.3 is 0 Å². The lowest BCUT2D eigenvalue weighted by atomic mass is 9.96. The molecule has 1 unspecified atom stereocenters. The summed E-state index contributed by atoms with van der Waals surface area (Å²) in [6.07, 6.45) is 8.41. The van der Waals surface area contributed by atoms with Crippen molar-refractivity contribution >= 4 is 5.82 Å². The monoisotopic (exact) mass is 287 g/mol. The summed E-state index contributed by atoms with van der Waals surface area (Å²) in [5.41, 5.74) is 1.17. The summed E-state index contributed by atoms with van der Waals surface area (Å²) in [6, 6.07) is 7.76. The Balaban J connectivity index is 1.71. The van der Waals surface area contributed by atoms with Crippen LogP contribution in [0.5, 0.6) is 0 Å². The van der Waals surface area contributed by atoms with Gasteiger partial charge in [0, 0.05) is 25.2 Å². The second-order valence-corrected chi connectivity index (χ2v) is 6.97. The Kier molecular flexibility index (Phi) is 4.79. The number of pyridine rings is 1. The molecule has 2 heterocycles. The number of nitrogens with zero attached hydrogens (tertiary/aromatic N) is 2. The van der Waals surface area contributed by atoms with Gasteiger partial charge in [-0.25, -0.2) is 4.98 Å². The Morgan fingerprint density at radius 2 is 2.00 bits per heavy atom. The first kappa shape index (κ1) is 14.8. The molecule has 1 atom stereocenters. The smallest absolute Gasteiger partial charge is 0.129 e. The van der Waals surface area contributed by atoms with E-state index < -0.39 is 0 Å². The fourth-order valence-electron chi connectivity index (χ4n) is 3.94. The van der Waals surface area contributed by atoms with E-state index in [1.54, 1.807) is 0 Å². The van der Waals surface area contributed by atoms with Crippen LogP contribution in [-0.2, 0) is 6.54 Å². The van der Waals surface area contributed by atoms with E-state index in [1.807, 2.05) is 0 Å². The first-order valence-corrected chi connectivity index (χ1v) is 8.70. The van der Waals surface area contributed by atoms with E-state index in [4.69, 9.17) is 4.98 Å². The number of anilines is 1. The summed E-state index contributed by atoms with van der Waals surface area (Å²) in [7, 11) is 0. The maximum atomic E-state index is 4.91. The maximum Gasteiger partial charge on any atom is 0.129 e. The molecule has 0 aromatic carbocycles. The molecule has 116 valence electrons. The van der Waals surface area contributed by atoms with Gasteiger partial charge in [-0.15, -0.1) is 0 Å². The zero-order valence-electron chi connectivity index (χ0n) is 13.5. The van der Waals surface area contributed by atoms with Crippen LogP contribution in [0.25, 0.3) is 0 Å². The summed E-state index contributed by atoms with van der Waals surface area (Å²) in [5, 5.41) is 3.46. The van der Waals surface area contributed by atoms with Crippen molar-refractivity contribution in [2.75, 3.05) is 11.4 Å². The van der Waals surface area contributed by atoms with E-state index in [0.29, 0.717) is 6.04 Å². The SMILES string of the molecule is CC(C)NCc1cccc(N2CCCC2C2CCCC2)n1. The van der Waals surface area contributed by atoms with Crippen molar-refractivity contribution in [3.05, 3.63) is 23.9 Å². The molecule has 0 bridgehead atoms. The highest BCUT2D eigenvalue weighted by Gasteiger charge is 2.33. The molecule has 0 amide bonds. The van der Waals surface area contributed by atoms with E-state index >= 15 is 0 Å². The van der Waals surface area contributed by atoms with Gasteiger partial charge in [0.2, 0.25) is 0 Å². The van der Waals surface area contributed by atoms with Crippen LogP contribution in [0.1, 0.15) is 58.1 Å². The standard InChI is InChI=1S/C18H29N3/c1-14(2)19-13-16-9-5-11-18(20-16)21-12-6-10-17(21)15-7-3-4-8-15/h5,9,11,14-15,17,19H,3-4,6-8,10,12-13H2,1-2H3. The minimum Gasteiger partial charge on any atom is -0.353 e. The topological polar surface area (TPSA) is 28.2 Å². The Hall–Kier alpha value is -1.09. The van der Waals surface area contributed by atoms with Gasteiger partial charge < -0.3 is 10.2 Å². The molecule has 1 aromatic heterocycles. The predicted molar refractivity (Wildman–Crippen MR) is 88.5 cm³/mol. The fraction of sp³-hybridized carbons (Fsp3) is 0.722. The van der Waals surface area contributed by atoms with Gasteiger partial charge in [-0.2, -0.15) is 0 Å². The van der Waals surface area contributed by atoms with E-state index in [1.165, 1.54) is 56.6 Å². The van der Waals surface area contributed by atoms with Crippen LogP contribution in [0.15, 0.2) is 18.2 Å². The van der Waals surface area contributed by atoms with E-state index in [-0.39, 0.29) is 0 Å². The van der Waals surface area contributed by atoms with Crippen LogP contribution >= 0.6 is 0 Å². The molecule has 1 aromatic rings. The van der Waals surface area contributed by atoms with Crippen molar-refractivity contribution in [3.63, 3.8) is 0 Å². The molecule has 2 aliphatic rings. The number of nitrogens with one attached hydrogen (secondary N) is 1. The van der Waals surface area contributed by atoms with Gasteiger partial charge in [-0.1, -0.05) is 32.8 Å². The molecule has 1 saturated heterocycles. The summed E-state index contributed by atoms with van der Waals surface area (Å²) in [6.45, 7) is 6.42. The second kappa shape index (κ2) is 6.78. The number of aromatic nitrogens is 1. The maximum absolute atomic E-state index is 4.91.